The summed E-state index contributed by atoms with van der Waals surface area (Å²) in [5.41, 5.74) is -1.50. The number of phosphoric ester groups is 1. The van der Waals surface area contributed by atoms with E-state index in [1.54, 1.807) is 6.92 Å². The quantitative estimate of drug-likeness (QED) is 0.138. The normalized spacial score (nSPS) is 22.3. The lowest BCUT2D eigenvalue weighted by Gasteiger charge is -2.56. The molecule has 3 aliphatic carbocycles. The minimum atomic E-state index is -4.77. The van der Waals surface area contributed by atoms with Crippen LogP contribution < -0.4 is 20.1 Å². The first-order chi connectivity index (χ1) is 21.2. The van der Waals surface area contributed by atoms with Gasteiger partial charge in [-0.2, -0.15) is 0 Å². The molecule has 246 valence electrons. The molecule has 0 aliphatic heterocycles. The molecule has 17 heteroatoms. The summed E-state index contributed by atoms with van der Waals surface area (Å²) in [4.78, 5) is 55.9. The monoisotopic (exact) mass is 676 g/mol. The van der Waals surface area contributed by atoms with Crippen molar-refractivity contribution in [3.05, 3.63) is 58.6 Å². The van der Waals surface area contributed by atoms with E-state index < -0.39 is 81.0 Å². The molecule has 0 heterocycles. The lowest BCUT2D eigenvalue weighted by Crippen LogP contribution is -2.71. The van der Waals surface area contributed by atoms with Gasteiger partial charge in [-0.3, -0.25) is 14.1 Å². The Morgan fingerprint density at radius 1 is 0.933 bits per heavy atom. The summed E-state index contributed by atoms with van der Waals surface area (Å²) < 4.78 is 64.0. The van der Waals surface area contributed by atoms with Crippen LogP contribution in [0.2, 0.25) is 5.02 Å². The molecule has 3 aliphatic rings. The highest BCUT2D eigenvalue weighted by atomic mass is 35.5. The van der Waals surface area contributed by atoms with Crippen molar-refractivity contribution in [2.45, 2.75) is 56.2 Å². The number of carbonyl (C=O) groups excluding carboxylic acids is 3. The van der Waals surface area contributed by atoms with E-state index in [0.29, 0.717) is 18.4 Å². The fraction of sp³-hybridized carbons (Fsp3) is 0.464. The molecule has 4 N–H and O–H groups in total. The summed E-state index contributed by atoms with van der Waals surface area (Å²) in [6.45, 7) is -0.425. The molecule has 0 saturated heterocycles. The topological polar surface area (TPSA) is 179 Å². The fourth-order valence-electron chi connectivity index (χ4n) is 5.39. The van der Waals surface area contributed by atoms with Crippen LogP contribution in [0.3, 0.4) is 0 Å². The first-order valence-corrected chi connectivity index (χ1v) is 15.7. The Hall–Kier alpha value is -3.49. The highest BCUT2D eigenvalue weighted by Crippen LogP contribution is 2.48. The number of hydrogen-bond acceptors (Lipinski definition) is 9. The third kappa shape index (κ3) is 9.50. The maximum atomic E-state index is 13.9. The van der Waals surface area contributed by atoms with Gasteiger partial charge in [0.25, 0.3) is 11.8 Å². The van der Waals surface area contributed by atoms with E-state index in [1.165, 1.54) is 24.3 Å². The standard InChI is InChI=1S/C28H32ClF2N2O11P/c1-17-2-3-18(12-21(17)30)42-16-25(35)33-28-8-6-27(7-9-28,14-23(28)44-26(36)40-10-11-43-45(37,38)39)32-24(34)15-41-19-4-5-20(29)22(31)13-19/h2-5,12-13,23H,6-11,14-16H2,1H3,(H,32,34)(H,33,35)(H2,37,38,39)/t23-,27?,28?/m0/s1. The Kier molecular flexibility index (Phi) is 10.9. The number of ether oxygens (including phenoxy) is 4. The van der Waals surface area contributed by atoms with Crippen LogP contribution in [0.5, 0.6) is 11.5 Å². The first kappa shape index (κ1) is 34.4. The number of fused-ring (bicyclic) bond motifs is 3. The molecule has 5 rings (SSSR count). The van der Waals surface area contributed by atoms with Gasteiger partial charge in [0.1, 0.15) is 35.8 Å². The molecule has 3 fully saturated rings. The Labute approximate surface area is 261 Å². The van der Waals surface area contributed by atoms with E-state index in [9.17, 15) is 27.7 Å². The van der Waals surface area contributed by atoms with Gasteiger partial charge in [0.15, 0.2) is 13.2 Å². The summed E-state index contributed by atoms with van der Waals surface area (Å²) in [6, 6.07) is 7.94. The van der Waals surface area contributed by atoms with E-state index in [-0.39, 0.29) is 35.8 Å². The van der Waals surface area contributed by atoms with Crippen molar-refractivity contribution in [2.75, 3.05) is 26.4 Å². The molecule has 0 aromatic heterocycles. The molecule has 2 amide bonds. The van der Waals surface area contributed by atoms with E-state index in [1.807, 2.05) is 0 Å². The number of aryl methyl sites for hydroxylation is 1. The largest absolute Gasteiger partial charge is 0.508 e. The third-order valence-electron chi connectivity index (χ3n) is 7.66. The highest BCUT2D eigenvalue weighted by molar-refractivity contribution is 7.46. The number of nitrogens with one attached hydrogen (secondary N) is 2. The molecule has 2 aromatic carbocycles. The van der Waals surface area contributed by atoms with Gasteiger partial charge in [-0.25, -0.2) is 18.1 Å². The van der Waals surface area contributed by atoms with Crippen LogP contribution in [0.1, 0.15) is 37.7 Å². The molecule has 0 spiro atoms. The summed E-state index contributed by atoms with van der Waals surface area (Å²) in [6.07, 6.45) is -0.763. The van der Waals surface area contributed by atoms with Gasteiger partial charge in [-0.15, -0.1) is 0 Å². The van der Waals surface area contributed by atoms with Crippen LogP contribution in [0, 0.1) is 18.6 Å². The molecular weight excluding hydrogens is 645 g/mol. The van der Waals surface area contributed by atoms with Crippen LogP contribution >= 0.6 is 19.4 Å². The van der Waals surface area contributed by atoms with E-state index in [2.05, 4.69) is 15.2 Å². The van der Waals surface area contributed by atoms with Crippen molar-refractivity contribution >= 4 is 37.4 Å². The van der Waals surface area contributed by atoms with Crippen molar-refractivity contribution in [2.24, 2.45) is 0 Å². The zero-order valence-corrected chi connectivity index (χ0v) is 25.7. The van der Waals surface area contributed by atoms with Gasteiger partial charge < -0.3 is 39.4 Å². The van der Waals surface area contributed by atoms with Crippen molar-refractivity contribution in [1.82, 2.24) is 10.6 Å². The predicted molar refractivity (Wildman–Crippen MR) is 153 cm³/mol. The van der Waals surface area contributed by atoms with Crippen molar-refractivity contribution < 1.29 is 61.0 Å². The van der Waals surface area contributed by atoms with E-state index in [0.717, 1.165) is 12.1 Å². The Balaban J connectivity index is 1.40. The zero-order valence-electron chi connectivity index (χ0n) is 24.1. The van der Waals surface area contributed by atoms with Gasteiger partial charge in [-0.1, -0.05) is 17.7 Å². The van der Waals surface area contributed by atoms with Crippen LogP contribution in [0.15, 0.2) is 36.4 Å². The molecule has 13 nitrogen and oxygen atoms in total. The van der Waals surface area contributed by atoms with Crippen molar-refractivity contribution in [3.8, 4) is 11.5 Å². The molecule has 45 heavy (non-hydrogen) atoms. The average molecular weight is 677 g/mol. The fourth-order valence-corrected chi connectivity index (χ4v) is 5.82. The summed E-state index contributed by atoms with van der Waals surface area (Å²) >= 11 is 5.68. The molecule has 0 unspecified atom stereocenters. The number of rotatable bonds is 13. The van der Waals surface area contributed by atoms with Gasteiger partial charge >= 0.3 is 14.0 Å². The minimum absolute atomic E-state index is 0.0761. The number of halogens is 3. The van der Waals surface area contributed by atoms with Crippen LogP contribution in [-0.4, -0.2) is 71.4 Å². The lowest BCUT2D eigenvalue weighted by molar-refractivity contribution is -0.139. The molecule has 2 bridgehead atoms. The lowest BCUT2D eigenvalue weighted by atomic mass is 9.59. The summed E-state index contributed by atoms with van der Waals surface area (Å²) in [5, 5.41) is 5.71. The smallest absolute Gasteiger partial charge is 0.484 e. The number of hydrogen-bond donors (Lipinski definition) is 4. The average Bonchev–Trinajstić information content (AvgIpc) is 2.97. The molecular formula is C28H32ClF2N2O11P. The summed E-state index contributed by atoms with van der Waals surface area (Å²) in [5.74, 6) is -2.03. The van der Waals surface area contributed by atoms with Gasteiger partial charge in [0.05, 0.1) is 17.2 Å². The zero-order chi connectivity index (χ0) is 32.8. The van der Waals surface area contributed by atoms with Crippen molar-refractivity contribution in [3.63, 3.8) is 0 Å². The van der Waals surface area contributed by atoms with Crippen LogP contribution in [0.4, 0.5) is 13.6 Å². The maximum Gasteiger partial charge on any atom is 0.508 e. The second-order valence-electron chi connectivity index (χ2n) is 10.8. The van der Waals surface area contributed by atoms with Crippen LogP contribution in [-0.2, 0) is 28.2 Å². The minimum Gasteiger partial charge on any atom is -0.484 e. The molecule has 0 radical (unpaired) electrons. The Morgan fingerprint density at radius 2 is 1.53 bits per heavy atom. The molecule has 1 atom stereocenters. The van der Waals surface area contributed by atoms with Gasteiger partial charge in [0.2, 0.25) is 0 Å². The number of benzene rings is 2. The highest BCUT2D eigenvalue weighted by Gasteiger charge is 2.57. The van der Waals surface area contributed by atoms with E-state index >= 15 is 0 Å². The SMILES string of the molecule is Cc1ccc(OCC(=O)NC23CCC(NC(=O)COc4ccc(Cl)c(F)c4)(CC2)C[C@@H]3OC(=O)OCCOP(=O)(O)O)cc1F. The second-order valence-corrected chi connectivity index (χ2v) is 12.5. The number of amides is 2. The first-order valence-electron chi connectivity index (χ1n) is 13.8. The second kappa shape index (κ2) is 14.3. The third-order valence-corrected chi connectivity index (χ3v) is 8.49. The maximum absolute atomic E-state index is 13.9. The summed E-state index contributed by atoms with van der Waals surface area (Å²) in [7, 11) is -4.77. The Morgan fingerprint density at radius 3 is 2.13 bits per heavy atom. The molecule has 2 aromatic rings. The van der Waals surface area contributed by atoms with Gasteiger partial charge in [-0.05, 0) is 56.4 Å². The predicted octanol–water partition coefficient (Wildman–Crippen LogP) is 3.70. The van der Waals surface area contributed by atoms with Crippen molar-refractivity contribution in [1.29, 1.82) is 0 Å². The molecule has 3 saturated carbocycles. The van der Waals surface area contributed by atoms with Gasteiger partial charge in [0, 0.05) is 24.1 Å². The van der Waals surface area contributed by atoms with E-state index in [4.69, 9.17) is 40.3 Å². The number of carbonyl (C=O) groups is 3. The Bertz CT molecular complexity index is 1470. The van der Waals surface area contributed by atoms with Crippen LogP contribution in [0.25, 0.3) is 0 Å². The number of phosphoric acid groups is 1.